The molecule has 0 aromatic rings. The highest BCUT2D eigenvalue weighted by Gasteiger charge is 2.02. The van der Waals surface area contributed by atoms with E-state index in [1.54, 1.807) is 0 Å². The van der Waals surface area contributed by atoms with Gasteiger partial charge >= 0.3 is 6.09 Å². The summed E-state index contributed by atoms with van der Waals surface area (Å²) < 4.78 is 9.14. The molecule has 0 aliphatic heterocycles. The monoisotopic (exact) mass is 174 g/mol. The topological polar surface area (TPSA) is 71.4 Å². The molecule has 0 aliphatic rings. The Morgan fingerprint density at radius 2 is 2.08 bits per heavy atom. The summed E-state index contributed by atoms with van der Waals surface area (Å²) in [6, 6.07) is 0.0404. The van der Waals surface area contributed by atoms with Gasteiger partial charge in [0.2, 0.25) is 6.79 Å². The molecule has 0 radical (unpaired) electrons. The minimum Gasteiger partial charge on any atom is -0.445 e. The first-order valence-corrected chi connectivity index (χ1v) is 3.63. The second-order valence-corrected chi connectivity index (χ2v) is 2.55. The third-order valence-electron chi connectivity index (χ3n) is 0.872. The van der Waals surface area contributed by atoms with Crippen LogP contribution < -0.4 is 5.32 Å². The van der Waals surface area contributed by atoms with Crippen LogP contribution in [0.1, 0.15) is 20.8 Å². The van der Waals surface area contributed by atoms with Gasteiger partial charge in [0, 0.05) is 13.0 Å². The van der Waals surface area contributed by atoms with E-state index in [4.69, 9.17) is 5.41 Å². The summed E-state index contributed by atoms with van der Waals surface area (Å²) in [6.07, 6.45) is -0.536. The molecule has 5 heteroatoms. The lowest BCUT2D eigenvalue weighted by Crippen LogP contribution is -2.31. The Balaban J connectivity index is 3.38. The van der Waals surface area contributed by atoms with E-state index in [9.17, 15) is 4.79 Å². The molecule has 0 saturated carbocycles. The van der Waals surface area contributed by atoms with Gasteiger partial charge in [-0.15, -0.1) is 0 Å². The number of nitrogens with one attached hydrogen (secondary N) is 2. The zero-order valence-electron chi connectivity index (χ0n) is 7.51. The Kier molecular flexibility index (Phi) is 4.83. The Morgan fingerprint density at radius 1 is 1.50 bits per heavy atom. The van der Waals surface area contributed by atoms with Crippen LogP contribution in [0.5, 0.6) is 0 Å². The Hall–Kier alpha value is -1.26. The molecule has 0 bridgehead atoms. The van der Waals surface area contributed by atoms with Gasteiger partial charge < -0.3 is 14.8 Å². The number of ether oxygens (including phenoxy) is 2. The summed E-state index contributed by atoms with van der Waals surface area (Å²) in [7, 11) is 0. The van der Waals surface area contributed by atoms with Gasteiger partial charge in [0.15, 0.2) is 5.90 Å². The third-order valence-corrected chi connectivity index (χ3v) is 0.872. The van der Waals surface area contributed by atoms with E-state index in [1.807, 2.05) is 13.8 Å². The summed E-state index contributed by atoms with van der Waals surface area (Å²) in [4.78, 5) is 10.8. The highest BCUT2D eigenvalue weighted by atomic mass is 16.7. The van der Waals surface area contributed by atoms with Crippen LogP contribution in [-0.2, 0) is 9.47 Å². The SMILES string of the molecule is CC(=N)OCOC(=O)NC(C)C. The third kappa shape index (κ3) is 6.85. The van der Waals surface area contributed by atoms with Crippen LogP contribution >= 0.6 is 0 Å². The standard InChI is InChI=1S/C7H14N2O3/c1-5(2)9-7(10)12-4-11-6(3)8/h5,8H,4H2,1-3H3,(H,9,10). The van der Waals surface area contributed by atoms with Crippen LogP contribution in [0.2, 0.25) is 0 Å². The predicted molar refractivity (Wildman–Crippen MR) is 44.1 cm³/mol. The molecule has 0 rings (SSSR count). The van der Waals surface area contributed by atoms with Crippen molar-refractivity contribution in [1.82, 2.24) is 5.32 Å². The molecule has 2 N–H and O–H groups in total. The van der Waals surface area contributed by atoms with Crippen molar-refractivity contribution < 1.29 is 14.3 Å². The van der Waals surface area contributed by atoms with Crippen molar-refractivity contribution in [3.63, 3.8) is 0 Å². The highest BCUT2D eigenvalue weighted by molar-refractivity contribution is 5.70. The first-order valence-electron chi connectivity index (χ1n) is 3.63. The summed E-state index contributed by atoms with van der Waals surface area (Å²) >= 11 is 0. The maximum atomic E-state index is 10.8. The number of carbonyl (C=O) groups excluding carboxylic acids is 1. The van der Waals surface area contributed by atoms with Crippen LogP contribution in [0.3, 0.4) is 0 Å². The molecule has 1 amide bonds. The van der Waals surface area contributed by atoms with Crippen molar-refractivity contribution in [1.29, 1.82) is 5.41 Å². The number of rotatable bonds is 3. The van der Waals surface area contributed by atoms with E-state index >= 15 is 0 Å². The van der Waals surface area contributed by atoms with Gasteiger partial charge in [-0.2, -0.15) is 0 Å². The average Bonchev–Trinajstić information content (AvgIpc) is 1.84. The lowest BCUT2D eigenvalue weighted by atomic mass is 10.4. The fourth-order valence-corrected chi connectivity index (χ4v) is 0.449. The Bertz CT molecular complexity index is 168. The fraction of sp³-hybridized carbons (Fsp3) is 0.714. The van der Waals surface area contributed by atoms with Crippen molar-refractivity contribution >= 4 is 12.0 Å². The lowest BCUT2D eigenvalue weighted by Gasteiger charge is -2.09. The van der Waals surface area contributed by atoms with E-state index < -0.39 is 6.09 Å². The van der Waals surface area contributed by atoms with Crippen molar-refractivity contribution in [3.05, 3.63) is 0 Å². The Morgan fingerprint density at radius 3 is 2.50 bits per heavy atom. The van der Waals surface area contributed by atoms with Crippen LogP contribution in [0, 0.1) is 5.41 Å². The van der Waals surface area contributed by atoms with E-state index in [0.29, 0.717) is 0 Å². The molecule has 0 aromatic carbocycles. The molecular formula is C7H14N2O3. The molecule has 0 unspecified atom stereocenters. The second kappa shape index (κ2) is 5.40. The summed E-state index contributed by atoms with van der Waals surface area (Å²) in [5.74, 6) is 0.0207. The molecule has 5 nitrogen and oxygen atoms in total. The van der Waals surface area contributed by atoms with Gasteiger partial charge in [-0.1, -0.05) is 0 Å². The quantitative estimate of drug-likeness (QED) is 0.382. The van der Waals surface area contributed by atoms with E-state index in [2.05, 4.69) is 14.8 Å². The first-order chi connectivity index (χ1) is 5.52. The van der Waals surface area contributed by atoms with Gasteiger partial charge in [0.05, 0.1) is 0 Å². The highest BCUT2D eigenvalue weighted by Crippen LogP contribution is 1.84. The molecule has 0 fully saturated rings. The fourth-order valence-electron chi connectivity index (χ4n) is 0.449. The molecule has 12 heavy (non-hydrogen) atoms. The average molecular weight is 174 g/mol. The minimum absolute atomic E-state index is 0.0207. The van der Waals surface area contributed by atoms with Crippen LogP contribution in [-0.4, -0.2) is 24.8 Å². The van der Waals surface area contributed by atoms with Crippen molar-refractivity contribution in [2.24, 2.45) is 0 Å². The maximum Gasteiger partial charge on any atom is 0.410 e. The number of amides is 1. The van der Waals surface area contributed by atoms with Crippen LogP contribution in [0.25, 0.3) is 0 Å². The van der Waals surface area contributed by atoms with Gasteiger partial charge in [0.1, 0.15) is 0 Å². The van der Waals surface area contributed by atoms with Gasteiger partial charge in [-0.25, -0.2) is 4.79 Å². The Labute approximate surface area is 71.6 Å². The second-order valence-electron chi connectivity index (χ2n) is 2.55. The van der Waals surface area contributed by atoms with Crippen molar-refractivity contribution in [2.75, 3.05) is 6.79 Å². The van der Waals surface area contributed by atoms with Crippen molar-refractivity contribution in [2.45, 2.75) is 26.8 Å². The normalized spacial score (nSPS) is 9.33. The minimum atomic E-state index is -0.536. The summed E-state index contributed by atoms with van der Waals surface area (Å²) in [5, 5.41) is 9.35. The predicted octanol–water partition coefficient (Wildman–Crippen LogP) is 1.09. The number of hydrogen-bond acceptors (Lipinski definition) is 4. The maximum absolute atomic E-state index is 10.8. The smallest absolute Gasteiger partial charge is 0.410 e. The summed E-state index contributed by atoms with van der Waals surface area (Å²) in [5.41, 5.74) is 0. The van der Waals surface area contributed by atoms with Gasteiger partial charge in [-0.05, 0) is 13.8 Å². The molecule has 0 heterocycles. The van der Waals surface area contributed by atoms with Crippen LogP contribution in [0.15, 0.2) is 0 Å². The molecule has 0 atom stereocenters. The van der Waals surface area contributed by atoms with E-state index in [1.165, 1.54) is 6.92 Å². The molecule has 0 spiro atoms. The van der Waals surface area contributed by atoms with E-state index in [-0.39, 0.29) is 18.7 Å². The largest absolute Gasteiger partial charge is 0.445 e. The molecule has 0 aliphatic carbocycles. The van der Waals surface area contributed by atoms with Crippen molar-refractivity contribution in [3.8, 4) is 0 Å². The lowest BCUT2D eigenvalue weighted by molar-refractivity contribution is 0.0502. The number of alkyl carbamates (subject to hydrolysis) is 1. The zero-order valence-corrected chi connectivity index (χ0v) is 7.51. The van der Waals surface area contributed by atoms with Crippen LogP contribution in [0.4, 0.5) is 4.79 Å². The van der Waals surface area contributed by atoms with Gasteiger partial charge in [-0.3, -0.25) is 5.41 Å². The number of hydrogen-bond donors (Lipinski definition) is 2. The molecule has 0 aromatic heterocycles. The summed E-state index contributed by atoms with van der Waals surface area (Å²) in [6.45, 7) is 4.89. The zero-order chi connectivity index (χ0) is 9.56. The molecular weight excluding hydrogens is 160 g/mol. The molecule has 0 saturated heterocycles. The first kappa shape index (κ1) is 10.7. The molecule has 70 valence electrons. The van der Waals surface area contributed by atoms with Gasteiger partial charge in [0.25, 0.3) is 0 Å². The number of carbonyl (C=O) groups is 1. The van der Waals surface area contributed by atoms with E-state index in [0.717, 1.165) is 0 Å².